The lowest BCUT2D eigenvalue weighted by atomic mass is 10.0. The molecule has 25 heavy (non-hydrogen) atoms. The lowest BCUT2D eigenvalue weighted by Crippen LogP contribution is -2.49. The van der Waals surface area contributed by atoms with E-state index in [0.717, 1.165) is 12.8 Å². The van der Waals surface area contributed by atoms with E-state index in [1.165, 1.54) is 5.56 Å². The van der Waals surface area contributed by atoms with Crippen LogP contribution in [0, 0.1) is 0 Å². The van der Waals surface area contributed by atoms with Gasteiger partial charge in [-0.2, -0.15) is 0 Å². The Morgan fingerprint density at radius 3 is 2.28 bits per heavy atom. The van der Waals surface area contributed by atoms with E-state index >= 15 is 0 Å². The maximum absolute atomic E-state index is 12.3. The zero-order valence-corrected chi connectivity index (χ0v) is 15.7. The van der Waals surface area contributed by atoms with Crippen molar-refractivity contribution in [2.75, 3.05) is 13.1 Å². The van der Waals surface area contributed by atoms with Crippen LogP contribution in [0.25, 0.3) is 0 Å². The number of nitrogens with one attached hydrogen (secondary N) is 1. The molecule has 0 saturated carbocycles. The maximum Gasteiger partial charge on any atom is 0.260 e. The van der Waals surface area contributed by atoms with Crippen LogP contribution in [0.5, 0.6) is 5.75 Å². The summed E-state index contributed by atoms with van der Waals surface area (Å²) in [6, 6.07) is 8.00. The summed E-state index contributed by atoms with van der Waals surface area (Å²) in [5.41, 5.74) is 1.25. The highest BCUT2D eigenvalue weighted by Crippen LogP contribution is 2.19. The summed E-state index contributed by atoms with van der Waals surface area (Å²) in [4.78, 5) is 25.9. The predicted octanol–water partition coefficient (Wildman–Crippen LogP) is 3.09. The van der Waals surface area contributed by atoms with Gasteiger partial charge in [0.25, 0.3) is 5.91 Å². The number of carbonyl (C=O) groups is 2. The Bertz CT molecular complexity index is 575. The molecule has 1 saturated heterocycles. The molecule has 5 nitrogen and oxygen atoms in total. The minimum absolute atomic E-state index is 0.104. The minimum Gasteiger partial charge on any atom is -0.481 e. The van der Waals surface area contributed by atoms with Gasteiger partial charge in [-0.05, 0) is 43.4 Å². The zero-order valence-electron chi connectivity index (χ0n) is 15.7. The number of ether oxygens (including phenoxy) is 1. The number of amides is 2. The average Bonchev–Trinajstić information content (AvgIpc) is 2.62. The third-order valence-corrected chi connectivity index (χ3v) is 4.73. The molecule has 0 aromatic heterocycles. The molecule has 1 heterocycles. The van der Waals surface area contributed by atoms with Crippen molar-refractivity contribution in [3.8, 4) is 5.75 Å². The molecule has 138 valence electrons. The summed E-state index contributed by atoms with van der Waals surface area (Å²) in [6.07, 6.45) is 1.60. The summed E-state index contributed by atoms with van der Waals surface area (Å²) < 4.78 is 5.75. The minimum atomic E-state index is -0.541. The van der Waals surface area contributed by atoms with E-state index < -0.39 is 6.10 Å². The average molecular weight is 346 g/mol. The van der Waals surface area contributed by atoms with Crippen LogP contribution in [0.15, 0.2) is 24.3 Å². The van der Waals surface area contributed by atoms with E-state index in [1.807, 2.05) is 36.1 Å². The van der Waals surface area contributed by atoms with Crippen LogP contribution in [0.4, 0.5) is 0 Å². The molecule has 1 aromatic rings. The van der Waals surface area contributed by atoms with Gasteiger partial charge in [0, 0.05) is 25.6 Å². The largest absolute Gasteiger partial charge is 0.481 e. The fraction of sp³-hybridized carbons (Fsp3) is 0.600. The zero-order chi connectivity index (χ0) is 18.4. The Morgan fingerprint density at radius 1 is 1.16 bits per heavy atom. The maximum atomic E-state index is 12.3. The number of hydrogen-bond donors (Lipinski definition) is 1. The first-order valence-corrected chi connectivity index (χ1v) is 9.25. The Hall–Kier alpha value is -2.04. The summed E-state index contributed by atoms with van der Waals surface area (Å²) in [6.45, 7) is 9.36. The smallest absolute Gasteiger partial charge is 0.260 e. The lowest BCUT2D eigenvalue weighted by molar-refractivity contribution is -0.132. The second kappa shape index (κ2) is 8.88. The molecule has 1 aliphatic rings. The molecule has 0 aliphatic carbocycles. The fourth-order valence-electron chi connectivity index (χ4n) is 3.00. The van der Waals surface area contributed by atoms with Gasteiger partial charge >= 0.3 is 0 Å². The molecule has 1 aliphatic heterocycles. The van der Waals surface area contributed by atoms with Crippen LogP contribution < -0.4 is 10.1 Å². The normalized spacial score (nSPS) is 16.6. The Balaban J connectivity index is 1.79. The van der Waals surface area contributed by atoms with E-state index in [2.05, 4.69) is 19.2 Å². The van der Waals surface area contributed by atoms with Crippen LogP contribution >= 0.6 is 0 Å². The molecule has 1 atom stereocenters. The molecule has 1 fully saturated rings. The topological polar surface area (TPSA) is 58.6 Å². The second-order valence-electron chi connectivity index (χ2n) is 7.00. The van der Waals surface area contributed by atoms with E-state index in [-0.39, 0.29) is 17.9 Å². The number of benzene rings is 1. The van der Waals surface area contributed by atoms with E-state index in [1.54, 1.807) is 6.92 Å². The molecule has 1 N–H and O–H groups in total. The molecule has 0 spiro atoms. The van der Waals surface area contributed by atoms with E-state index in [9.17, 15) is 9.59 Å². The predicted molar refractivity (Wildman–Crippen MR) is 98.7 cm³/mol. The molecular weight excluding hydrogens is 316 g/mol. The first kappa shape index (κ1) is 19.3. The first-order valence-electron chi connectivity index (χ1n) is 9.25. The van der Waals surface area contributed by atoms with Gasteiger partial charge in [-0.3, -0.25) is 9.59 Å². The van der Waals surface area contributed by atoms with Gasteiger partial charge in [0.15, 0.2) is 6.10 Å². The van der Waals surface area contributed by atoms with Gasteiger partial charge in [0.2, 0.25) is 5.91 Å². The van der Waals surface area contributed by atoms with Crippen LogP contribution in [0.1, 0.15) is 58.4 Å². The molecule has 2 amide bonds. The molecule has 0 radical (unpaired) electrons. The Labute approximate surface area is 150 Å². The number of hydrogen-bond acceptors (Lipinski definition) is 3. The van der Waals surface area contributed by atoms with Gasteiger partial charge in [0.1, 0.15) is 5.75 Å². The number of nitrogens with zero attached hydrogens (tertiary/aromatic N) is 1. The van der Waals surface area contributed by atoms with Crippen molar-refractivity contribution in [2.45, 2.75) is 65.0 Å². The van der Waals surface area contributed by atoms with Gasteiger partial charge in [-0.1, -0.05) is 32.9 Å². The summed E-state index contributed by atoms with van der Waals surface area (Å²) >= 11 is 0. The highest BCUT2D eigenvalue weighted by molar-refractivity contribution is 5.81. The summed E-state index contributed by atoms with van der Waals surface area (Å²) in [7, 11) is 0. The van der Waals surface area contributed by atoms with Crippen LogP contribution in [0.3, 0.4) is 0 Å². The van der Waals surface area contributed by atoms with Crippen LogP contribution in [-0.4, -0.2) is 41.9 Å². The van der Waals surface area contributed by atoms with Crippen molar-refractivity contribution in [3.05, 3.63) is 29.8 Å². The van der Waals surface area contributed by atoms with E-state index in [4.69, 9.17) is 4.74 Å². The summed E-state index contributed by atoms with van der Waals surface area (Å²) in [5, 5.41) is 3.04. The van der Waals surface area contributed by atoms with E-state index in [0.29, 0.717) is 31.2 Å². The molecule has 2 rings (SSSR count). The Morgan fingerprint density at radius 2 is 1.76 bits per heavy atom. The van der Waals surface area contributed by atoms with Crippen LogP contribution in [-0.2, 0) is 9.59 Å². The highest BCUT2D eigenvalue weighted by Gasteiger charge is 2.25. The van der Waals surface area contributed by atoms with Gasteiger partial charge < -0.3 is 15.0 Å². The second-order valence-corrected chi connectivity index (χ2v) is 7.00. The standard InChI is InChI=1S/C20H30N2O3/c1-5-19(23)22-12-10-17(11-13-22)21-20(24)15(4)25-18-8-6-16(7-9-18)14(2)3/h6-9,14-15,17H,5,10-13H2,1-4H3,(H,21,24). The van der Waals surface area contributed by atoms with Crippen molar-refractivity contribution < 1.29 is 14.3 Å². The molecular formula is C20H30N2O3. The fourth-order valence-corrected chi connectivity index (χ4v) is 3.00. The third-order valence-electron chi connectivity index (χ3n) is 4.73. The molecule has 0 bridgehead atoms. The van der Waals surface area contributed by atoms with Crippen molar-refractivity contribution in [1.29, 1.82) is 0 Å². The molecule has 1 aromatic carbocycles. The highest BCUT2D eigenvalue weighted by atomic mass is 16.5. The third kappa shape index (κ3) is 5.48. The van der Waals surface area contributed by atoms with Crippen molar-refractivity contribution in [2.24, 2.45) is 0 Å². The number of carbonyl (C=O) groups excluding carboxylic acids is 2. The van der Waals surface area contributed by atoms with Gasteiger partial charge in [-0.25, -0.2) is 0 Å². The van der Waals surface area contributed by atoms with Crippen molar-refractivity contribution in [3.63, 3.8) is 0 Å². The lowest BCUT2D eigenvalue weighted by Gasteiger charge is -2.32. The monoisotopic (exact) mass is 346 g/mol. The SMILES string of the molecule is CCC(=O)N1CCC(NC(=O)C(C)Oc2ccc(C(C)C)cc2)CC1. The van der Waals surface area contributed by atoms with Crippen molar-refractivity contribution >= 4 is 11.8 Å². The van der Waals surface area contributed by atoms with Crippen LogP contribution in [0.2, 0.25) is 0 Å². The Kier molecular flexibility index (Phi) is 6.85. The quantitative estimate of drug-likeness (QED) is 0.861. The van der Waals surface area contributed by atoms with Gasteiger partial charge in [0.05, 0.1) is 0 Å². The molecule has 5 heteroatoms. The van der Waals surface area contributed by atoms with Gasteiger partial charge in [-0.15, -0.1) is 0 Å². The first-order chi connectivity index (χ1) is 11.9. The number of likely N-dealkylation sites (tertiary alicyclic amines) is 1. The number of rotatable bonds is 6. The summed E-state index contributed by atoms with van der Waals surface area (Å²) in [5.74, 6) is 1.26. The molecule has 1 unspecified atom stereocenters. The van der Waals surface area contributed by atoms with Crippen molar-refractivity contribution in [1.82, 2.24) is 10.2 Å². The number of piperidine rings is 1.